The van der Waals surface area contributed by atoms with Gasteiger partial charge in [0.05, 0.1) is 22.7 Å². The highest BCUT2D eigenvalue weighted by molar-refractivity contribution is 7.91. The lowest BCUT2D eigenvalue weighted by Gasteiger charge is -2.16. The minimum absolute atomic E-state index is 0.0864. The van der Waals surface area contributed by atoms with Crippen molar-refractivity contribution in [2.45, 2.75) is 36.7 Å². The number of fused-ring (bicyclic) bond motifs is 1. The van der Waals surface area contributed by atoms with Crippen molar-refractivity contribution in [1.82, 2.24) is 5.32 Å². The normalized spacial score (nSPS) is 21.7. The summed E-state index contributed by atoms with van der Waals surface area (Å²) in [7, 11) is -3.29. The maximum absolute atomic E-state index is 12.0. The summed E-state index contributed by atoms with van der Waals surface area (Å²) in [6, 6.07) is 5.68. The number of hydrogen-bond acceptors (Lipinski definition) is 4. The molecule has 1 aliphatic heterocycles. The number of rotatable bonds is 4. The lowest BCUT2D eigenvalue weighted by Crippen LogP contribution is -2.42. The fourth-order valence-corrected chi connectivity index (χ4v) is 4.03. The Kier molecular flexibility index (Phi) is 3.91. The van der Waals surface area contributed by atoms with Crippen LogP contribution in [0.5, 0.6) is 0 Å². The molecule has 5 nitrogen and oxygen atoms in total. The Labute approximate surface area is 113 Å². The molecule has 0 spiro atoms. The molecule has 0 aliphatic carbocycles. The molecule has 0 saturated heterocycles. The van der Waals surface area contributed by atoms with E-state index in [1.165, 1.54) is 0 Å². The summed E-state index contributed by atoms with van der Waals surface area (Å²) < 4.78 is 23.9. The van der Waals surface area contributed by atoms with Crippen molar-refractivity contribution in [3.05, 3.63) is 29.8 Å². The molecule has 1 heterocycles. The second kappa shape index (κ2) is 5.30. The smallest absolute Gasteiger partial charge is 0.237 e. The summed E-state index contributed by atoms with van der Waals surface area (Å²) in [5, 5.41) is 2.73. The predicted molar refractivity (Wildman–Crippen MR) is 72.3 cm³/mol. The van der Waals surface area contributed by atoms with Gasteiger partial charge in [0.2, 0.25) is 5.91 Å². The van der Waals surface area contributed by atoms with Crippen LogP contribution >= 0.6 is 0 Å². The van der Waals surface area contributed by atoms with Crippen LogP contribution < -0.4 is 11.1 Å². The number of carbonyl (C=O) groups excluding carboxylic acids is 1. The van der Waals surface area contributed by atoms with Crippen molar-refractivity contribution < 1.29 is 13.2 Å². The zero-order chi connectivity index (χ0) is 14.0. The van der Waals surface area contributed by atoms with Gasteiger partial charge in [-0.3, -0.25) is 4.79 Å². The van der Waals surface area contributed by atoms with E-state index in [1.807, 2.05) is 6.92 Å². The monoisotopic (exact) mass is 282 g/mol. The SMILES string of the molecule is CCCC(N)C(=O)NC1CS(=O)(=O)c2ccccc21. The Morgan fingerprint density at radius 2 is 2.16 bits per heavy atom. The fraction of sp³-hybridized carbons (Fsp3) is 0.462. The number of hydrogen-bond donors (Lipinski definition) is 2. The first-order chi connectivity index (χ1) is 8.95. The average Bonchev–Trinajstić information content (AvgIpc) is 2.62. The van der Waals surface area contributed by atoms with Crippen molar-refractivity contribution in [1.29, 1.82) is 0 Å². The van der Waals surface area contributed by atoms with Crippen LogP contribution in [-0.4, -0.2) is 26.1 Å². The molecule has 1 aliphatic rings. The summed E-state index contributed by atoms with van der Waals surface area (Å²) in [5.74, 6) is -0.379. The van der Waals surface area contributed by atoms with E-state index in [4.69, 9.17) is 5.73 Å². The standard InChI is InChI=1S/C13H18N2O3S/c1-2-5-10(14)13(16)15-11-8-19(17,18)12-7-4-3-6-9(11)12/h3-4,6-7,10-11H,2,5,8,14H2,1H3,(H,15,16). The van der Waals surface area contributed by atoms with Gasteiger partial charge in [0, 0.05) is 0 Å². The number of benzene rings is 1. The number of nitrogens with one attached hydrogen (secondary N) is 1. The molecule has 3 N–H and O–H groups in total. The van der Waals surface area contributed by atoms with E-state index in [9.17, 15) is 13.2 Å². The van der Waals surface area contributed by atoms with Crippen LogP contribution in [0.1, 0.15) is 31.4 Å². The van der Waals surface area contributed by atoms with Gasteiger partial charge in [-0.15, -0.1) is 0 Å². The van der Waals surface area contributed by atoms with E-state index in [-0.39, 0.29) is 11.7 Å². The molecular formula is C13H18N2O3S. The van der Waals surface area contributed by atoms with Gasteiger partial charge < -0.3 is 11.1 Å². The van der Waals surface area contributed by atoms with Gasteiger partial charge in [-0.1, -0.05) is 31.5 Å². The van der Waals surface area contributed by atoms with Crippen molar-refractivity contribution in [3.63, 3.8) is 0 Å². The second-order valence-corrected chi connectivity index (χ2v) is 6.78. The maximum Gasteiger partial charge on any atom is 0.237 e. The summed E-state index contributed by atoms with van der Waals surface area (Å²) in [5.41, 5.74) is 6.38. The van der Waals surface area contributed by atoms with E-state index < -0.39 is 21.9 Å². The van der Waals surface area contributed by atoms with Gasteiger partial charge in [0.25, 0.3) is 0 Å². The van der Waals surface area contributed by atoms with Gasteiger partial charge >= 0.3 is 0 Å². The molecule has 1 aromatic rings. The van der Waals surface area contributed by atoms with Crippen molar-refractivity contribution in [3.8, 4) is 0 Å². The van der Waals surface area contributed by atoms with Gasteiger partial charge in [0.15, 0.2) is 9.84 Å². The minimum atomic E-state index is -3.29. The summed E-state index contributed by atoms with van der Waals surface area (Å²) >= 11 is 0. The zero-order valence-corrected chi connectivity index (χ0v) is 11.6. The van der Waals surface area contributed by atoms with E-state index in [0.717, 1.165) is 6.42 Å². The number of amides is 1. The van der Waals surface area contributed by atoms with Crippen LogP contribution in [0, 0.1) is 0 Å². The van der Waals surface area contributed by atoms with E-state index >= 15 is 0 Å². The molecule has 0 radical (unpaired) electrons. The first-order valence-corrected chi connectivity index (χ1v) is 7.98. The fourth-order valence-electron chi connectivity index (χ4n) is 2.29. The summed E-state index contributed by atoms with van der Waals surface area (Å²) in [4.78, 5) is 12.2. The molecule has 2 atom stereocenters. The van der Waals surface area contributed by atoms with Gasteiger partial charge in [0.1, 0.15) is 0 Å². The molecule has 0 saturated carbocycles. The third kappa shape index (κ3) is 2.79. The Bertz CT molecular complexity index is 583. The second-order valence-electron chi connectivity index (χ2n) is 4.78. The Hall–Kier alpha value is -1.40. The van der Waals surface area contributed by atoms with Crippen molar-refractivity contribution in [2.75, 3.05) is 5.75 Å². The van der Waals surface area contributed by atoms with Crippen LogP contribution in [-0.2, 0) is 14.6 Å². The molecule has 0 bridgehead atoms. The lowest BCUT2D eigenvalue weighted by atomic mass is 10.1. The number of sulfone groups is 1. The molecule has 0 aromatic heterocycles. The van der Waals surface area contributed by atoms with Gasteiger partial charge in [-0.05, 0) is 18.1 Å². The van der Waals surface area contributed by atoms with Crippen molar-refractivity contribution in [2.24, 2.45) is 5.73 Å². The van der Waals surface area contributed by atoms with Crippen LogP contribution in [0.15, 0.2) is 29.2 Å². The summed E-state index contributed by atoms with van der Waals surface area (Å²) in [6.45, 7) is 1.95. The maximum atomic E-state index is 12.0. The Morgan fingerprint density at radius 1 is 1.47 bits per heavy atom. The van der Waals surface area contributed by atoms with Crippen LogP contribution in [0.25, 0.3) is 0 Å². The predicted octanol–water partition coefficient (Wildman–Crippen LogP) is 0.759. The molecule has 6 heteroatoms. The van der Waals surface area contributed by atoms with E-state index in [0.29, 0.717) is 16.9 Å². The van der Waals surface area contributed by atoms with Crippen LogP contribution in [0.3, 0.4) is 0 Å². The third-order valence-electron chi connectivity index (χ3n) is 3.27. The Balaban J connectivity index is 2.19. The quantitative estimate of drug-likeness (QED) is 0.853. The van der Waals surface area contributed by atoms with Gasteiger partial charge in [-0.25, -0.2) is 8.42 Å². The van der Waals surface area contributed by atoms with E-state index in [1.54, 1.807) is 24.3 Å². The third-order valence-corrected chi connectivity index (χ3v) is 5.08. The largest absolute Gasteiger partial charge is 0.347 e. The lowest BCUT2D eigenvalue weighted by molar-refractivity contribution is -0.123. The molecule has 1 amide bonds. The minimum Gasteiger partial charge on any atom is -0.347 e. The highest BCUT2D eigenvalue weighted by Gasteiger charge is 2.35. The zero-order valence-electron chi connectivity index (χ0n) is 10.8. The molecule has 104 valence electrons. The molecular weight excluding hydrogens is 264 g/mol. The van der Waals surface area contributed by atoms with E-state index in [2.05, 4.69) is 5.32 Å². The molecule has 19 heavy (non-hydrogen) atoms. The molecule has 1 aromatic carbocycles. The van der Waals surface area contributed by atoms with Crippen molar-refractivity contribution >= 4 is 15.7 Å². The molecule has 0 fully saturated rings. The Morgan fingerprint density at radius 3 is 2.84 bits per heavy atom. The average molecular weight is 282 g/mol. The number of nitrogens with two attached hydrogens (primary N) is 1. The van der Waals surface area contributed by atoms with Crippen LogP contribution in [0.2, 0.25) is 0 Å². The van der Waals surface area contributed by atoms with Crippen LogP contribution in [0.4, 0.5) is 0 Å². The molecule has 2 unspecified atom stereocenters. The number of carbonyl (C=O) groups is 1. The summed E-state index contributed by atoms with van der Waals surface area (Å²) in [6.07, 6.45) is 1.40. The highest BCUT2D eigenvalue weighted by Crippen LogP contribution is 2.32. The topological polar surface area (TPSA) is 89.3 Å². The molecule has 2 rings (SSSR count). The first-order valence-electron chi connectivity index (χ1n) is 6.33. The van der Waals surface area contributed by atoms with Gasteiger partial charge in [-0.2, -0.15) is 0 Å². The first kappa shape index (κ1) is 14.0. The highest BCUT2D eigenvalue weighted by atomic mass is 32.2.